The quantitative estimate of drug-likeness (QED) is 0.800. The Bertz CT molecular complexity index is 419. The summed E-state index contributed by atoms with van der Waals surface area (Å²) in [6.45, 7) is 10.5. The first-order chi connectivity index (χ1) is 9.10. The summed E-state index contributed by atoms with van der Waals surface area (Å²) in [6, 6.07) is 7.19. The van der Waals surface area contributed by atoms with Crippen molar-refractivity contribution in [2.45, 2.75) is 39.7 Å². The van der Waals surface area contributed by atoms with Crippen molar-refractivity contribution in [3.05, 3.63) is 27.3 Å². The molecule has 0 spiro atoms. The van der Waals surface area contributed by atoms with Crippen molar-refractivity contribution in [2.24, 2.45) is 5.92 Å². The van der Waals surface area contributed by atoms with E-state index in [1.807, 2.05) is 0 Å². The van der Waals surface area contributed by atoms with E-state index in [4.69, 9.17) is 0 Å². The Morgan fingerprint density at radius 2 is 2.26 bits per heavy atom. The van der Waals surface area contributed by atoms with E-state index < -0.39 is 0 Å². The van der Waals surface area contributed by atoms with Crippen LogP contribution >= 0.6 is 22.6 Å². The van der Waals surface area contributed by atoms with Crippen LogP contribution in [-0.2, 0) is 0 Å². The van der Waals surface area contributed by atoms with Gasteiger partial charge in [-0.3, -0.25) is 0 Å². The summed E-state index contributed by atoms with van der Waals surface area (Å²) in [5, 5.41) is 3.72. The van der Waals surface area contributed by atoms with E-state index in [1.54, 1.807) is 0 Å². The van der Waals surface area contributed by atoms with Gasteiger partial charge in [-0.25, -0.2) is 0 Å². The standard InChI is InChI=1S/C16H25IN2/c1-4-19-9-5-6-14(11-19)13(3)18-16-8-7-15(17)10-12(16)2/h7-8,10,13-14,18H,4-6,9,11H2,1-3H3. The third-order valence-electron chi connectivity index (χ3n) is 4.27. The monoisotopic (exact) mass is 372 g/mol. The van der Waals surface area contributed by atoms with Crippen LogP contribution in [0, 0.1) is 16.4 Å². The molecule has 2 nitrogen and oxygen atoms in total. The first-order valence-corrected chi connectivity index (χ1v) is 8.43. The van der Waals surface area contributed by atoms with Gasteiger partial charge < -0.3 is 10.2 Å². The number of hydrogen-bond acceptors (Lipinski definition) is 2. The summed E-state index contributed by atoms with van der Waals surface area (Å²) in [5.74, 6) is 0.771. The molecule has 1 aliphatic rings. The van der Waals surface area contributed by atoms with Crippen molar-refractivity contribution < 1.29 is 0 Å². The van der Waals surface area contributed by atoms with Gasteiger partial charge in [0.15, 0.2) is 0 Å². The molecule has 1 aromatic rings. The highest BCUT2D eigenvalue weighted by Crippen LogP contribution is 2.24. The molecule has 1 N–H and O–H groups in total. The van der Waals surface area contributed by atoms with Crippen LogP contribution in [-0.4, -0.2) is 30.6 Å². The predicted molar refractivity (Wildman–Crippen MR) is 91.8 cm³/mol. The average molecular weight is 372 g/mol. The molecule has 3 heteroatoms. The minimum atomic E-state index is 0.549. The van der Waals surface area contributed by atoms with Gasteiger partial charge in [-0.2, -0.15) is 0 Å². The zero-order chi connectivity index (χ0) is 13.8. The van der Waals surface area contributed by atoms with Crippen LogP contribution in [0.1, 0.15) is 32.3 Å². The number of likely N-dealkylation sites (tertiary alicyclic amines) is 1. The largest absolute Gasteiger partial charge is 0.382 e. The van der Waals surface area contributed by atoms with E-state index in [2.05, 4.69) is 71.8 Å². The van der Waals surface area contributed by atoms with Crippen LogP contribution in [0.15, 0.2) is 18.2 Å². The lowest BCUT2D eigenvalue weighted by atomic mass is 9.91. The van der Waals surface area contributed by atoms with E-state index in [0.717, 1.165) is 5.92 Å². The molecule has 2 unspecified atom stereocenters. The maximum Gasteiger partial charge on any atom is 0.0372 e. The summed E-state index contributed by atoms with van der Waals surface area (Å²) in [5.41, 5.74) is 2.64. The number of rotatable bonds is 4. The maximum absolute atomic E-state index is 3.72. The third-order valence-corrected chi connectivity index (χ3v) is 4.94. The van der Waals surface area contributed by atoms with Crippen LogP contribution in [0.4, 0.5) is 5.69 Å². The summed E-state index contributed by atoms with van der Waals surface area (Å²) in [6.07, 6.45) is 2.70. The number of aryl methyl sites for hydroxylation is 1. The molecule has 1 aromatic carbocycles. The van der Waals surface area contributed by atoms with Gasteiger partial charge in [-0.1, -0.05) is 6.92 Å². The number of nitrogens with one attached hydrogen (secondary N) is 1. The van der Waals surface area contributed by atoms with E-state index in [9.17, 15) is 0 Å². The zero-order valence-electron chi connectivity index (χ0n) is 12.2. The van der Waals surface area contributed by atoms with E-state index in [-0.39, 0.29) is 0 Å². The fraction of sp³-hybridized carbons (Fsp3) is 0.625. The predicted octanol–water partition coefficient (Wildman–Crippen LogP) is 4.13. The van der Waals surface area contributed by atoms with Crippen LogP contribution in [0.25, 0.3) is 0 Å². The molecule has 0 radical (unpaired) electrons. The molecular weight excluding hydrogens is 347 g/mol. The number of nitrogens with zero attached hydrogens (tertiary/aromatic N) is 1. The van der Waals surface area contributed by atoms with Gasteiger partial charge in [0.05, 0.1) is 0 Å². The Labute approximate surface area is 131 Å². The molecule has 19 heavy (non-hydrogen) atoms. The lowest BCUT2D eigenvalue weighted by molar-refractivity contribution is 0.172. The molecule has 0 bridgehead atoms. The van der Waals surface area contributed by atoms with Crippen molar-refractivity contribution in [1.82, 2.24) is 4.90 Å². The Morgan fingerprint density at radius 3 is 2.95 bits per heavy atom. The molecule has 0 amide bonds. The van der Waals surface area contributed by atoms with Gasteiger partial charge in [0.25, 0.3) is 0 Å². The van der Waals surface area contributed by atoms with Gasteiger partial charge in [-0.15, -0.1) is 0 Å². The number of hydrogen-bond donors (Lipinski definition) is 1. The van der Waals surface area contributed by atoms with Crippen molar-refractivity contribution in [3.63, 3.8) is 0 Å². The lowest BCUT2D eigenvalue weighted by Crippen LogP contribution is -2.41. The Morgan fingerprint density at radius 1 is 1.47 bits per heavy atom. The van der Waals surface area contributed by atoms with Crippen LogP contribution in [0.5, 0.6) is 0 Å². The van der Waals surface area contributed by atoms with Gasteiger partial charge in [0.1, 0.15) is 0 Å². The molecule has 2 rings (SSSR count). The van der Waals surface area contributed by atoms with E-state index >= 15 is 0 Å². The molecule has 0 saturated carbocycles. The Hall–Kier alpha value is -0.290. The van der Waals surface area contributed by atoms with Crippen molar-refractivity contribution >= 4 is 28.3 Å². The van der Waals surface area contributed by atoms with Crippen molar-refractivity contribution in [3.8, 4) is 0 Å². The van der Waals surface area contributed by atoms with Gasteiger partial charge in [-0.05, 0) is 92.0 Å². The summed E-state index contributed by atoms with van der Waals surface area (Å²) < 4.78 is 1.31. The summed E-state index contributed by atoms with van der Waals surface area (Å²) in [4.78, 5) is 2.58. The molecule has 1 heterocycles. The zero-order valence-corrected chi connectivity index (χ0v) is 14.4. The second-order valence-electron chi connectivity index (χ2n) is 5.69. The molecule has 2 atom stereocenters. The first-order valence-electron chi connectivity index (χ1n) is 7.35. The normalized spacial score (nSPS) is 22.2. The van der Waals surface area contributed by atoms with Crippen LogP contribution in [0.2, 0.25) is 0 Å². The SMILES string of the molecule is CCN1CCCC(C(C)Nc2ccc(I)cc2C)C1. The van der Waals surface area contributed by atoms with Crippen LogP contribution < -0.4 is 5.32 Å². The molecular formula is C16H25IN2. The maximum atomic E-state index is 3.72. The van der Waals surface area contributed by atoms with E-state index in [0.29, 0.717) is 6.04 Å². The van der Waals surface area contributed by atoms with Crippen molar-refractivity contribution in [2.75, 3.05) is 25.0 Å². The molecule has 106 valence electrons. The van der Waals surface area contributed by atoms with Gasteiger partial charge in [0, 0.05) is 21.8 Å². The lowest BCUT2D eigenvalue weighted by Gasteiger charge is -2.36. The summed E-state index contributed by atoms with van der Waals surface area (Å²) in [7, 11) is 0. The number of benzene rings is 1. The Balaban J connectivity index is 1.98. The highest BCUT2D eigenvalue weighted by Gasteiger charge is 2.23. The third kappa shape index (κ3) is 4.09. The van der Waals surface area contributed by atoms with Gasteiger partial charge in [0.2, 0.25) is 0 Å². The smallest absolute Gasteiger partial charge is 0.0372 e. The molecule has 1 saturated heterocycles. The number of piperidine rings is 1. The second-order valence-corrected chi connectivity index (χ2v) is 6.93. The molecule has 0 aliphatic carbocycles. The highest BCUT2D eigenvalue weighted by molar-refractivity contribution is 14.1. The molecule has 0 aromatic heterocycles. The average Bonchev–Trinajstić information content (AvgIpc) is 2.42. The first kappa shape index (κ1) is 15.1. The fourth-order valence-electron chi connectivity index (χ4n) is 2.94. The topological polar surface area (TPSA) is 15.3 Å². The fourth-order valence-corrected chi connectivity index (χ4v) is 3.59. The second kappa shape index (κ2) is 6.93. The van der Waals surface area contributed by atoms with Crippen molar-refractivity contribution in [1.29, 1.82) is 0 Å². The van der Waals surface area contributed by atoms with E-state index in [1.165, 1.54) is 47.3 Å². The summed E-state index contributed by atoms with van der Waals surface area (Å²) >= 11 is 2.37. The minimum Gasteiger partial charge on any atom is -0.382 e. The van der Waals surface area contributed by atoms with Gasteiger partial charge >= 0.3 is 0 Å². The number of anilines is 1. The van der Waals surface area contributed by atoms with Crippen LogP contribution in [0.3, 0.4) is 0 Å². The molecule has 1 fully saturated rings. The molecule has 1 aliphatic heterocycles. The minimum absolute atomic E-state index is 0.549. The number of halogens is 1. The Kier molecular flexibility index (Phi) is 5.51. The highest BCUT2D eigenvalue weighted by atomic mass is 127.